The first-order chi connectivity index (χ1) is 7.66. The third kappa shape index (κ3) is 3.20. The maximum Gasteiger partial charge on any atom is 0.107 e. The van der Waals surface area contributed by atoms with Crippen LogP contribution in [-0.4, -0.2) is 31.1 Å². The van der Waals surface area contributed by atoms with E-state index < -0.39 is 0 Å². The van der Waals surface area contributed by atoms with Crippen molar-refractivity contribution in [2.24, 2.45) is 0 Å². The van der Waals surface area contributed by atoms with Crippen LogP contribution in [0, 0.1) is 0 Å². The fraction of sp³-hybridized carbons (Fsp3) is 0.636. The van der Waals surface area contributed by atoms with Crippen molar-refractivity contribution in [2.45, 2.75) is 25.4 Å². The van der Waals surface area contributed by atoms with Gasteiger partial charge in [0.2, 0.25) is 0 Å². The second-order valence-electron chi connectivity index (χ2n) is 4.24. The van der Waals surface area contributed by atoms with E-state index >= 15 is 0 Å². The van der Waals surface area contributed by atoms with E-state index in [9.17, 15) is 0 Å². The summed E-state index contributed by atoms with van der Waals surface area (Å²) in [4.78, 5) is 3.72. The molecule has 0 aliphatic carbocycles. The lowest BCUT2D eigenvalue weighted by molar-refractivity contribution is 0.300. The molecule has 1 saturated heterocycles. The largest absolute Gasteiger partial charge is 0.310 e. The van der Waals surface area contributed by atoms with E-state index in [-0.39, 0.29) is 0 Å². The minimum atomic E-state index is 0.707. The number of nitrogens with one attached hydrogen (secondary N) is 1. The zero-order valence-electron chi connectivity index (χ0n) is 9.30. The second-order valence-corrected chi connectivity index (χ2v) is 6.84. The Morgan fingerprint density at radius 2 is 2.50 bits per heavy atom. The first kappa shape index (κ1) is 12.8. The molecule has 1 unspecified atom stereocenters. The van der Waals surface area contributed by atoms with Gasteiger partial charge in [-0.25, -0.2) is 0 Å². The third-order valence-corrected chi connectivity index (χ3v) is 5.52. The molecule has 0 aromatic carbocycles. The molecule has 90 valence electrons. The van der Waals surface area contributed by atoms with Crippen LogP contribution in [0.2, 0.25) is 4.34 Å². The molecular formula is C11H16BrClN2S. The summed E-state index contributed by atoms with van der Waals surface area (Å²) in [5.41, 5.74) is 0. The number of nitrogens with zero attached hydrogens (tertiary/aromatic N) is 1. The van der Waals surface area contributed by atoms with Gasteiger partial charge in [0.15, 0.2) is 0 Å². The van der Waals surface area contributed by atoms with Gasteiger partial charge in [0.1, 0.15) is 4.34 Å². The van der Waals surface area contributed by atoms with Crippen molar-refractivity contribution in [3.63, 3.8) is 0 Å². The van der Waals surface area contributed by atoms with Gasteiger partial charge in [0.05, 0.1) is 0 Å². The van der Waals surface area contributed by atoms with Crippen LogP contribution in [0.3, 0.4) is 0 Å². The molecule has 16 heavy (non-hydrogen) atoms. The lowest BCUT2D eigenvalue weighted by atomic mass is 10.2. The standard InChI is InChI=1S/C11H16BrClN2S/c1-15-4-2-3-8(15)6-14-7-9-5-10(12)11(13)16-9/h5,8,14H,2-4,6-7H2,1H3. The number of hydrogen-bond acceptors (Lipinski definition) is 3. The maximum absolute atomic E-state index is 5.99. The van der Waals surface area contributed by atoms with Crippen molar-refractivity contribution in [2.75, 3.05) is 20.1 Å². The number of likely N-dealkylation sites (N-methyl/N-ethyl adjacent to an activating group) is 1. The van der Waals surface area contributed by atoms with Crippen LogP contribution in [0.5, 0.6) is 0 Å². The molecule has 1 atom stereocenters. The summed E-state index contributed by atoms with van der Waals surface area (Å²) in [6, 6.07) is 2.80. The Balaban J connectivity index is 1.75. The Labute approximate surface area is 114 Å². The smallest absolute Gasteiger partial charge is 0.107 e. The van der Waals surface area contributed by atoms with Crippen LogP contribution in [0.4, 0.5) is 0 Å². The predicted octanol–water partition coefficient (Wildman–Crippen LogP) is 3.35. The maximum atomic E-state index is 5.99. The molecule has 0 saturated carbocycles. The third-order valence-electron chi connectivity index (χ3n) is 3.05. The van der Waals surface area contributed by atoms with E-state index in [1.807, 2.05) is 0 Å². The summed E-state index contributed by atoms with van der Waals surface area (Å²) < 4.78 is 1.85. The Hall–Kier alpha value is 0.390. The lowest BCUT2D eigenvalue weighted by Gasteiger charge is -2.19. The number of halogens is 2. The topological polar surface area (TPSA) is 15.3 Å². The molecule has 0 amide bonds. The first-order valence-electron chi connectivity index (χ1n) is 5.51. The van der Waals surface area contributed by atoms with Crippen molar-refractivity contribution in [3.05, 3.63) is 19.8 Å². The van der Waals surface area contributed by atoms with Gasteiger partial charge in [-0.2, -0.15) is 0 Å². The highest BCUT2D eigenvalue weighted by molar-refractivity contribution is 9.10. The molecule has 1 aromatic heterocycles. The van der Waals surface area contributed by atoms with Crippen molar-refractivity contribution >= 4 is 38.9 Å². The summed E-state index contributed by atoms with van der Waals surface area (Å²) in [7, 11) is 2.21. The van der Waals surface area contributed by atoms with Crippen molar-refractivity contribution in [3.8, 4) is 0 Å². The average molecular weight is 324 g/mol. The molecule has 2 heterocycles. The number of likely N-dealkylation sites (tertiary alicyclic amines) is 1. The zero-order chi connectivity index (χ0) is 11.5. The van der Waals surface area contributed by atoms with Crippen LogP contribution in [0.1, 0.15) is 17.7 Å². The average Bonchev–Trinajstić information content (AvgIpc) is 2.76. The monoisotopic (exact) mass is 322 g/mol. The minimum Gasteiger partial charge on any atom is -0.310 e. The molecule has 0 radical (unpaired) electrons. The van der Waals surface area contributed by atoms with Crippen LogP contribution in [-0.2, 0) is 6.54 Å². The van der Waals surface area contributed by atoms with E-state index in [0.717, 1.165) is 21.9 Å². The molecule has 0 spiro atoms. The Kier molecular flexibility index (Phi) is 4.67. The molecule has 2 rings (SSSR count). The van der Waals surface area contributed by atoms with Gasteiger partial charge in [0, 0.05) is 28.5 Å². The van der Waals surface area contributed by atoms with Gasteiger partial charge in [-0.05, 0) is 48.4 Å². The summed E-state index contributed by atoms with van der Waals surface area (Å²) in [6.45, 7) is 3.23. The van der Waals surface area contributed by atoms with E-state index in [2.05, 4.69) is 39.3 Å². The van der Waals surface area contributed by atoms with Gasteiger partial charge in [0.25, 0.3) is 0 Å². The van der Waals surface area contributed by atoms with Crippen molar-refractivity contribution in [1.82, 2.24) is 10.2 Å². The minimum absolute atomic E-state index is 0.707. The van der Waals surface area contributed by atoms with Gasteiger partial charge in [-0.1, -0.05) is 11.6 Å². The first-order valence-corrected chi connectivity index (χ1v) is 7.50. The highest BCUT2D eigenvalue weighted by Crippen LogP contribution is 2.31. The Morgan fingerprint density at radius 1 is 1.69 bits per heavy atom. The molecular weight excluding hydrogens is 308 g/mol. The van der Waals surface area contributed by atoms with E-state index in [1.54, 1.807) is 11.3 Å². The number of rotatable bonds is 4. The predicted molar refractivity (Wildman–Crippen MR) is 74.4 cm³/mol. The Morgan fingerprint density at radius 3 is 3.06 bits per heavy atom. The molecule has 0 bridgehead atoms. The van der Waals surface area contributed by atoms with Crippen LogP contribution in [0.25, 0.3) is 0 Å². The molecule has 1 N–H and O–H groups in total. The fourth-order valence-electron chi connectivity index (χ4n) is 2.08. The highest BCUT2D eigenvalue weighted by Gasteiger charge is 2.19. The SMILES string of the molecule is CN1CCCC1CNCc1cc(Br)c(Cl)s1. The van der Waals surface area contributed by atoms with E-state index in [4.69, 9.17) is 11.6 Å². The van der Waals surface area contributed by atoms with Crippen LogP contribution < -0.4 is 5.32 Å². The quantitative estimate of drug-likeness (QED) is 0.914. The van der Waals surface area contributed by atoms with Gasteiger partial charge in [-0.3, -0.25) is 0 Å². The molecule has 1 fully saturated rings. The summed E-state index contributed by atoms with van der Waals surface area (Å²) >= 11 is 11.1. The highest BCUT2D eigenvalue weighted by atomic mass is 79.9. The summed E-state index contributed by atoms with van der Waals surface area (Å²) in [5, 5.41) is 3.50. The van der Waals surface area contributed by atoms with Gasteiger partial charge < -0.3 is 10.2 Å². The van der Waals surface area contributed by atoms with Crippen LogP contribution >= 0.6 is 38.9 Å². The Bertz CT molecular complexity index is 336. The van der Waals surface area contributed by atoms with Gasteiger partial charge in [-0.15, -0.1) is 11.3 Å². The van der Waals surface area contributed by atoms with Gasteiger partial charge >= 0.3 is 0 Å². The molecule has 5 heteroatoms. The van der Waals surface area contributed by atoms with Crippen LogP contribution in [0.15, 0.2) is 10.5 Å². The van der Waals surface area contributed by atoms with Crippen molar-refractivity contribution < 1.29 is 0 Å². The fourth-order valence-corrected chi connectivity index (χ4v) is 3.84. The normalized spacial score (nSPS) is 21.8. The number of thiophene rings is 1. The molecule has 1 aliphatic rings. The zero-order valence-corrected chi connectivity index (χ0v) is 12.5. The van der Waals surface area contributed by atoms with E-state index in [0.29, 0.717) is 6.04 Å². The molecule has 2 nitrogen and oxygen atoms in total. The molecule has 1 aromatic rings. The summed E-state index contributed by atoms with van der Waals surface area (Å²) in [5.74, 6) is 0. The van der Waals surface area contributed by atoms with Crippen molar-refractivity contribution in [1.29, 1.82) is 0 Å². The van der Waals surface area contributed by atoms with E-state index in [1.165, 1.54) is 24.3 Å². The lowest BCUT2D eigenvalue weighted by Crippen LogP contribution is -2.35. The second kappa shape index (κ2) is 5.83. The number of hydrogen-bond donors (Lipinski definition) is 1. The molecule has 1 aliphatic heterocycles. The summed E-state index contributed by atoms with van der Waals surface area (Å²) in [6.07, 6.45) is 2.65.